The summed E-state index contributed by atoms with van der Waals surface area (Å²) in [7, 11) is 0. The zero-order chi connectivity index (χ0) is 20.8. The van der Waals surface area contributed by atoms with Crippen molar-refractivity contribution in [3.8, 4) is 5.75 Å². The fraction of sp³-hybridized carbons (Fsp3) is 0.0909. The topological polar surface area (TPSA) is 98.5 Å². The highest BCUT2D eigenvalue weighted by molar-refractivity contribution is 5.98. The molecule has 7 nitrogen and oxygen atoms in total. The lowest BCUT2D eigenvalue weighted by Crippen LogP contribution is -2.26. The second kappa shape index (κ2) is 8.79. The molecule has 0 aromatic heterocycles. The minimum Gasteiger partial charge on any atom is -0.469 e. The smallest absolute Gasteiger partial charge is 0.310 e. The summed E-state index contributed by atoms with van der Waals surface area (Å²) < 4.78 is 5.78. The third kappa shape index (κ3) is 4.84. The number of hydrogen-bond acceptors (Lipinski definition) is 5. The van der Waals surface area contributed by atoms with E-state index in [1.54, 1.807) is 60.7 Å². The number of amides is 1. The maximum Gasteiger partial charge on any atom is 0.310 e. The lowest BCUT2D eigenvalue weighted by Gasteiger charge is -2.19. The van der Waals surface area contributed by atoms with Gasteiger partial charge in [-0.2, -0.15) is 0 Å². The number of ether oxygens (including phenoxy) is 1. The van der Waals surface area contributed by atoms with E-state index in [0.29, 0.717) is 16.8 Å². The first kappa shape index (κ1) is 19.8. The normalized spacial score (nSPS) is 11.3. The number of ketones is 1. The molecule has 1 atom stereocenters. The van der Waals surface area contributed by atoms with Gasteiger partial charge in [-0.3, -0.25) is 19.7 Å². The van der Waals surface area contributed by atoms with Crippen LogP contribution in [0.15, 0.2) is 78.9 Å². The van der Waals surface area contributed by atoms with Crippen LogP contribution in [0, 0.1) is 10.1 Å². The first-order chi connectivity index (χ1) is 14.0. The Hall–Kier alpha value is -4.00. The van der Waals surface area contributed by atoms with Gasteiger partial charge in [0, 0.05) is 22.9 Å². The largest absolute Gasteiger partial charge is 0.469 e. The molecular weight excluding hydrogens is 372 g/mol. The van der Waals surface area contributed by atoms with Crippen LogP contribution in [0.25, 0.3) is 0 Å². The average molecular weight is 390 g/mol. The standard InChI is InChI=1S/C22H18N2O5/c1-15(25)17-10-7-11-18(14-17)23-22(26)21(16-8-3-2-4-9-16)29-20-13-6-5-12-19(20)24(27)28/h2-14,21H,1H3,(H,23,26)/t21-/m0/s1. The van der Waals surface area contributed by atoms with Crippen molar-refractivity contribution in [1.29, 1.82) is 0 Å². The first-order valence-electron chi connectivity index (χ1n) is 8.82. The molecule has 146 valence electrons. The minimum absolute atomic E-state index is 0.0148. The summed E-state index contributed by atoms with van der Waals surface area (Å²) in [6, 6.07) is 21.1. The van der Waals surface area contributed by atoms with Crippen molar-refractivity contribution in [2.75, 3.05) is 5.32 Å². The van der Waals surface area contributed by atoms with Gasteiger partial charge in [0.15, 0.2) is 11.5 Å². The number of benzene rings is 3. The number of Topliss-reactive ketones (excluding diaryl/α,β-unsaturated/α-hetero) is 1. The third-order valence-corrected chi connectivity index (χ3v) is 4.18. The van der Waals surface area contributed by atoms with Crippen molar-refractivity contribution in [3.05, 3.63) is 100 Å². The van der Waals surface area contributed by atoms with Gasteiger partial charge >= 0.3 is 5.69 Å². The molecule has 3 aromatic rings. The van der Waals surface area contributed by atoms with E-state index in [9.17, 15) is 19.7 Å². The van der Waals surface area contributed by atoms with Gasteiger partial charge < -0.3 is 10.1 Å². The van der Waals surface area contributed by atoms with Crippen LogP contribution in [0.1, 0.15) is 28.9 Å². The molecule has 7 heteroatoms. The highest BCUT2D eigenvalue weighted by atomic mass is 16.6. The fourth-order valence-electron chi connectivity index (χ4n) is 2.76. The first-order valence-corrected chi connectivity index (χ1v) is 8.82. The molecule has 0 bridgehead atoms. The molecule has 0 spiro atoms. The van der Waals surface area contributed by atoms with Crippen LogP contribution < -0.4 is 10.1 Å². The summed E-state index contributed by atoms with van der Waals surface area (Å²) in [6.07, 6.45) is -1.13. The third-order valence-electron chi connectivity index (χ3n) is 4.18. The summed E-state index contributed by atoms with van der Waals surface area (Å²) in [5, 5.41) is 14.0. The van der Waals surface area contributed by atoms with Gasteiger partial charge in [0.1, 0.15) is 0 Å². The zero-order valence-corrected chi connectivity index (χ0v) is 15.6. The maximum absolute atomic E-state index is 13.0. The van der Waals surface area contributed by atoms with Crippen LogP contribution in [0.3, 0.4) is 0 Å². The summed E-state index contributed by atoms with van der Waals surface area (Å²) in [5.74, 6) is -0.661. The predicted octanol–water partition coefficient (Wildman–Crippen LogP) is 4.56. The Bertz CT molecular complexity index is 1050. The summed E-state index contributed by atoms with van der Waals surface area (Å²) in [4.78, 5) is 35.3. The Morgan fingerprint density at radius 1 is 0.966 bits per heavy atom. The number of anilines is 1. The number of nitrogens with one attached hydrogen (secondary N) is 1. The quantitative estimate of drug-likeness (QED) is 0.362. The molecule has 0 radical (unpaired) electrons. The van der Waals surface area contributed by atoms with Gasteiger partial charge in [0.25, 0.3) is 5.91 Å². The Morgan fingerprint density at radius 3 is 2.34 bits per heavy atom. The predicted molar refractivity (Wildman–Crippen MR) is 108 cm³/mol. The van der Waals surface area contributed by atoms with E-state index in [2.05, 4.69) is 5.32 Å². The molecule has 0 unspecified atom stereocenters. The lowest BCUT2D eigenvalue weighted by molar-refractivity contribution is -0.386. The number of para-hydroxylation sites is 2. The molecule has 1 amide bonds. The van der Waals surface area contributed by atoms with Crippen LogP contribution in [-0.4, -0.2) is 16.6 Å². The monoisotopic (exact) mass is 390 g/mol. The number of hydrogen-bond donors (Lipinski definition) is 1. The van der Waals surface area contributed by atoms with Crippen molar-refractivity contribution in [2.45, 2.75) is 13.0 Å². The number of carbonyl (C=O) groups is 2. The van der Waals surface area contributed by atoms with Gasteiger partial charge in [0.05, 0.1) is 4.92 Å². The second-order valence-electron chi connectivity index (χ2n) is 6.26. The molecular formula is C22H18N2O5. The average Bonchev–Trinajstić information content (AvgIpc) is 2.73. The second-order valence-corrected chi connectivity index (χ2v) is 6.26. The maximum atomic E-state index is 13.0. The van der Waals surface area contributed by atoms with Gasteiger partial charge in [-0.15, -0.1) is 0 Å². The SMILES string of the molecule is CC(=O)c1cccc(NC(=O)[C@@H](Oc2ccccc2[N+](=O)[O-])c2ccccc2)c1. The number of carbonyl (C=O) groups excluding carboxylic acids is 2. The van der Waals surface area contributed by atoms with Gasteiger partial charge in [-0.25, -0.2) is 0 Å². The van der Waals surface area contributed by atoms with E-state index in [0.717, 1.165) is 0 Å². The van der Waals surface area contributed by atoms with Crippen molar-refractivity contribution < 1.29 is 19.2 Å². The molecule has 3 aromatic carbocycles. The lowest BCUT2D eigenvalue weighted by atomic mass is 10.1. The van der Waals surface area contributed by atoms with Gasteiger partial charge in [-0.05, 0) is 25.1 Å². The number of rotatable bonds is 7. The molecule has 29 heavy (non-hydrogen) atoms. The Kier molecular flexibility index (Phi) is 5.99. The van der Waals surface area contributed by atoms with Crippen molar-refractivity contribution in [3.63, 3.8) is 0 Å². The van der Waals surface area contributed by atoms with E-state index >= 15 is 0 Å². The summed E-state index contributed by atoms with van der Waals surface area (Å²) in [6.45, 7) is 1.44. The summed E-state index contributed by atoms with van der Waals surface area (Å²) in [5.41, 5.74) is 1.18. The molecule has 0 heterocycles. The van der Waals surface area contributed by atoms with Gasteiger partial charge in [-0.1, -0.05) is 54.6 Å². The van der Waals surface area contributed by atoms with E-state index in [-0.39, 0.29) is 17.2 Å². The Balaban J connectivity index is 1.92. The van der Waals surface area contributed by atoms with Gasteiger partial charge in [0.2, 0.25) is 6.10 Å². The Labute approximate surface area is 167 Å². The van der Waals surface area contributed by atoms with Crippen LogP contribution in [0.4, 0.5) is 11.4 Å². The Morgan fingerprint density at radius 2 is 1.66 bits per heavy atom. The van der Waals surface area contributed by atoms with E-state index < -0.39 is 16.9 Å². The van der Waals surface area contributed by atoms with Crippen LogP contribution >= 0.6 is 0 Å². The van der Waals surface area contributed by atoms with Crippen LogP contribution in [0.2, 0.25) is 0 Å². The summed E-state index contributed by atoms with van der Waals surface area (Å²) >= 11 is 0. The van der Waals surface area contributed by atoms with Crippen LogP contribution in [0.5, 0.6) is 5.75 Å². The molecule has 3 rings (SSSR count). The molecule has 0 aliphatic heterocycles. The number of nitro groups is 1. The molecule has 1 N–H and O–H groups in total. The number of nitro benzene ring substituents is 1. The minimum atomic E-state index is -1.13. The van der Waals surface area contributed by atoms with E-state index in [1.807, 2.05) is 0 Å². The molecule has 0 aliphatic carbocycles. The molecule has 0 fully saturated rings. The molecule has 0 saturated carbocycles. The zero-order valence-electron chi connectivity index (χ0n) is 15.6. The highest BCUT2D eigenvalue weighted by Crippen LogP contribution is 2.31. The van der Waals surface area contributed by atoms with Crippen LogP contribution in [-0.2, 0) is 4.79 Å². The van der Waals surface area contributed by atoms with E-state index in [1.165, 1.54) is 25.1 Å². The van der Waals surface area contributed by atoms with Crippen molar-refractivity contribution >= 4 is 23.1 Å². The van der Waals surface area contributed by atoms with Crippen molar-refractivity contribution in [1.82, 2.24) is 0 Å². The molecule has 0 saturated heterocycles. The van der Waals surface area contributed by atoms with Crippen molar-refractivity contribution in [2.24, 2.45) is 0 Å². The fourth-order valence-corrected chi connectivity index (χ4v) is 2.76. The highest BCUT2D eigenvalue weighted by Gasteiger charge is 2.26. The number of nitrogens with zero attached hydrogens (tertiary/aromatic N) is 1. The van der Waals surface area contributed by atoms with E-state index in [4.69, 9.17) is 4.74 Å². The molecule has 0 aliphatic rings.